The van der Waals surface area contributed by atoms with Crippen molar-refractivity contribution < 1.29 is 0 Å². The lowest BCUT2D eigenvalue weighted by Gasteiger charge is -2.23. The first kappa shape index (κ1) is 14.1. The Balaban J connectivity index is 0. The molecule has 0 aromatic carbocycles. The van der Waals surface area contributed by atoms with E-state index in [0.29, 0.717) is 0 Å². The van der Waals surface area contributed by atoms with Gasteiger partial charge in [-0.3, -0.25) is 0 Å². The van der Waals surface area contributed by atoms with Gasteiger partial charge in [-0.15, -0.1) is 12.4 Å². The second-order valence-electron chi connectivity index (χ2n) is 3.32. The van der Waals surface area contributed by atoms with Gasteiger partial charge in [0.05, 0.1) is 0 Å². The van der Waals surface area contributed by atoms with E-state index in [1.54, 1.807) is 0 Å². The summed E-state index contributed by atoms with van der Waals surface area (Å²) in [5.41, 5.74) is 0.207. The summed E-state index contributed by atoms with van der Waals surface area (Å²) in [6.45, 7) is 7.67. The fourth-order valence-corrected chi connectivity index (χ4v) is 0.771. The van der Waals surface area contributed by atoms with Crippen LogP contribution in [-0.4, -0.2) is 17.8 Å². The van der Waals surface area contributed by atoms with Crippen molar-refractivity contribution >= 4 is 25.0 Å². The van der Waals surface area contributed by atoms with Crippen LogP contribution in [0.2, 0.25) is 0 Å². The summed E-state index contributed by atoms with van der Waals surface area (Å²) in [5, 5.41) is 3.43. The molecule has 0 fully saturated rings. The Labute approximate surface area is 82.2 Å². The number of halogens is 1. The fraction of sp³-hybridized carbons (Fsp3) is 1.00. The summed E-state index contributed by atoms with van der Waals surface area (Å²) in [6.07, 6.45) is 2.52. The summed E-state index contributed by atoms with van der Waals surface area (Å²) in [7, 11) is 0. The van der Waals surface area contributed by atoms with Crippen LogP contribution in [0.1, 0.15) is 33.6 Å². The van der Waals surface area contributed by atoms with Crippen molar-refractivity contribution in [1.29, 1.82) is 0 Å². The summed E-state index contributed by atoms with van der Waals surface area (Å²) in [6, 6.07) is 0. The summed E-state index contributed by atoms with van der Waals surface area (Å²) < 4.78 is 0. The van der Waals surface area contributed by atoms with Gasteiger partial charge in [-0.2, -0.15) is 12.6 Å². The minimum atomic E-state index is 0. The normalized spacial score (nSPS) is 10.9. The average Bonchev–Trinajstić information content (AvgIpc) is 1.89. The summed E-state index contributed by atoms with van der Waals surface area (Å²) >= 11 is 4.24. The zero-order chi connectivity index (χ0) is 8.04. The van der Waals surface area contributed by atoms with Gasteiger partial charge < -0.3 is 5.32 Å². The molecule has 1 nitrogen and oxygen atoms in total. The van der Waals surface area contributed by atoms with Gasteiger partial charge in [-0.1, -0.05) is 13.3 Å². The molecule has 0 heterocycles. The lowest BCUT2D eigenvalue weighted by Crippen LogP contribution is -2.41. The Morgan fingerprint density at radius 2 is 1.91 bits per heavy atom. The van der Waals surface area contributed by atoms with Crippen LogP contribution in [0.4, 0.5) is 0 Å². The van der Waals surface area contributed by atoms with Crippen LogP contribution in [-0.2, 0) is 0 Å². The number of nitrogens with one attached hydrogen (secondary N) is 1. The second-order valence-corrected chi connectivity index (χ2v) is 3.64. The van der Waals surface area contributed by atoms with Crippen LogP contribution >= 0.6 is 25.0 Å². The summed E-state index contributed by atoms with van der Waals surface area (Å²) in [4.78, 5) is 0. The van der Waals surface area contributed by atoms with Gasteiger partial charge in [0.15, 0.2) is 0 Å². The van der Waals surface area contributed by atoms with E-state index in [0.717, 1.165) is 12.3 Å². The Morgan fingerprint density at radius 1 is 1.36 bits per heavy atom. The SMILES string of the molecule is CCCCNC(C)(C)CS.Cl. The number of hydrogen-bond acceptors (Lipinski definition) is 2. The zero-order valence-corrected chi connectivity index (χ0v) is 9.39. The van der Waals surface area contributed by atoms with Crippen LogP contribution in [0.25, 0.3) is 0 Å². The van der Waals surface area contributed by atoms with Crippen molar-refractivity contribution in [3.8, 4) is 0 Å². The van der Waals surface area contributed by atoms with Crippen molar-refractivity contribution in [1.82, 2.24) is 5.32 Å². The highest BCUT2D eigenvalue weighted by Gasteiger charge is 2.12. The molecule has 1 N–H and O–H groups in total. The first-order chi connectivity index (χ1) is 4.62. The van der Waals surface area contributed by atoms with Gasteiger partial charge in [0, 0.05) is 11.3 Å². The van der Waals surface area contributed by atoms with Gasteiger partial charge in [0.1, 0.15) is 0 Å². The molecule has 0 saturated heterocycles. The van der Waals surface area contributed by atoms with E-state index in [-0.39, 0.29) is 17.9 Å². The lowest BCUT2D eigenvalue weighted by molar-refractivity contribution is 0.429. The molecule has 0 spiro atoms. The van der Waals surface area contributed by atoms with E-state index >= 15 is 0 Å². The van der Waals surface area contributed by atoms with E-state index < -0.39 is 0 Å². The molecule has 0 radical (unpaired) electrons. The van der Waals surface area contributed by atoms with Crippen molar-refractivity contribution in [3.63, 3.8) is 0 Å². The highest BCUT2D eigenvalue weighted by molar-refractivity contribution is 7.80. The van der Waals surface area contributed by atoms with E-state index in [9.17, 15) is 0 Å². The Hall–Kier alpha value is 0.600. The minimum Gasteiger partial charge on any atom is -0.311 e. The monoisotopic (exact) mass is 197 g/mol. The van der Waals surface area contributed by atoms with Crippen molar-refractivity contribution in [2.24, 2.45) is 0 Å². The molecule has 0 bridgehead atoms. The Bertz CT molecular complexity index is 86.2. The highest BCUT2D eigenvalue weighted by Crippen LogP contribution is 2.03. The molecule has 0 aliphatic rings. The van der Waals surface area contributed by atoms with E-state index in [1.807, 2.05) is 0 Å². The first-order valence-electron chi connectivity index (χ1n) is 3.98. The van der Waals surface area contributed by atoms with Crippen LogP contribution in [0.5, 0.6) is 0 Å². The standard InChI is InChI=1S/C8H19NS.ClH/c1-4-5-6-9-8(2,3)7-10;/h9-10H,4-7H2,1-3H3;1H. The van der Waals surface area contributed by atoms with Crippen LogP contribution in [0.3, 0.4) is 0 Å². The van der Waals surface area contributed by atoms with Crippen LogP contribution < -0.4 is 5.32 Å². The molecule has 0 aromatic heterocycles. The minimum absolute atomic E-state index is 0. The number of thiol groups is 1. The number of unbranched alkanes of at least 4 members (excludes halogenated alkanes) is 1. The first-order valence-corrected chi connectivity index (χ1v) is 4.61. The molecule has 0 aliphatic carbocycles. The zero-order valence-electron chi connectivity index (χ0n) is 7.68. The quantitative estimate of drug-likeness (QED) is 0.510. The second kappa shape index (κ2) is 7.26. The summed E-state index contributed by atoms with van der Waals surface area (Å²) in [5.74, 6) is 0.900. The molecular formula is C8H20ClNS. The maximum Gasteiger partial charge on any atom is 0.0213 e. The lowest BCUT2D eigenvalue weighted by atomic mass is 10.1. The van der Waals surface area contributed by atoms with Gasteiger partial charge in [-0.25, -0.2) is 0 Å². The maximum atomic E-state index is 4.24. The Kier molecular flexibility index (Phi) is 9.33. The van der Waals surface area contributed by atoms with Gasteiger partial charge in [0.25, 0.3) is 0 Å². The van der Waals surface area contributed by atoms with Gasteiger partial charge in [-0.05, 0) is 26.8 Å². The molecule has 0 aromatic rings. The maximum absolute atomic E-state index is 4.24. The molecule has 11 heavy (non-hydrogen) atoms. The molecule has 0 amide bonds. The van der Waals surface area contributed by atoms with Crippen molar-refractivity contribution in [2.45, 2.75) is 39.2 Å². The van der Waals surface area contributed by atoms with E-state index in [2.05, 4.69) is 38.7 Å². The predicted octanol–water partition coefficient (Wildman–Crippen LogP) is 2.51. The molecular weight excluding hydrogens is 178 g/mol. The predicted molar refractivity (Wildman–Crippen MR) is 58.1 cm³/mol. The van der Waals surface area contributed by atoms with Crippen LogP contribution in [0.15, 0.2) is 0 Å². The topological polar surface area (TPSA) is 12.0 Å². The molecule has 70 valence electrons. The fourth-order valence-electron chi connectivity index (χ4n) is 0.659. The van der Waals surface area contributed by atoms with Crippen LogP contribution in [0, 0.1) is 0 Å². The van der Waals surface area contributed by atoms with E-state index in [1.165, 1.54) is 12.8 Å². The Morgan fingerprint density at radius 3 is 2.27 bits per heavy atom. The third-order valence-corrected chi connectivity index (χ3v) is 2.32. The molecule has 0 atom stereocenters. The third-order valence-electron chi connectivity index (χ3n) is 1.53. The molecule has 0 saturated carbocycles. The largest absolute Gasteiger partial charge is 0.311 e. The average molecular weight is 198 g/mol. The molecule has 0 rings (SSSR count). The molecule has 0 aliphatic heterocycles. The molecule has 0 unspecified atom stereocenters. The number of rotatable bonds is 5. The smallest absolute Gasteiger partial charge is 0.0213 e. The van der Waals surface area contributed by atoms with Gasteiger partial charge >= 0.3 is 0 Å². The number of hydrogen-bond donors (Lipinski definition) is 2. The van der Waals surface area contributed by atoms with E-state index in [4.69, 9.17) is 0 Å². The van der Waals surface area contributed by atoms with Gasteiger partial charge in [0.2, 0.25) is 0 Å². The van der Waals surface area contributed by atoms with Crippen molar-refractivity contribution in [3.05, 3.63) is 0 Å². The molecule has 3 heteroatoms. The van der Waals surface area contributed by atoms with Crippen molar-refractivity contribution in [2.75, 3.05) is 12.3 Å². The highest BCUT2D eigenvalue weighted by atomic mass is 35.5. The third kappa shape index (κ3) is 8.51.